The molecule has 4 heteroatoms. The Kier molecular flexibility index (Phi) is 3.68. The number of ether oxygens (including phenoxy) is 2. The van der Waals surface area contributed by atoms with Crippen molar-refractivity contribution in [1.82, 2.24) is 0 Å². The van der Waals surface area contributed by atoms with Crippen LogP contribution in [0, 0.1) is 0 Å². The number of aliphatic hydroxyl groups is 1. The largest absolute Gasteiger partial charge is 0.497 e. The van der Waals surface area contributed by atoms with Gasteiger partial charge in [-0.05, 0) is 35.9 Å². The molecule has 0 bridgehead atoms. The van der Waals surface area contributed by atoms with E-state index in [1.165, 1.54) is 0 Å². The highest BCUT2D eigenvalue weighted by Gasteiger charge is 2.28. The van der Waals surface area contributed by atoms with Gasteiger partial charge in [-0.3, -0.25) is 0 Å². The molecule has 20 heavy (non-hydrogen) atoms. The number of aliphatic hydroxyl groups excluding tert-OH is 1. The average Bonchev–Trinajstić information content (AvgIpc) is 2.47. The number of methoxy groups -OCH3 is 1. The molecule has 0 radical (unpaired) electrons. The lowest BCUT2D eigenvalue weighted by Gasteiger charge is -2.30. The van der Waals surface area contributed by atoms with Crippen LogP contribution >= 0.6 is 15.9 Å². The van der Waals surface area contributed by atoms with E-state index in [1.807, 2.05) is 42.5 Å². The van der Waals surface area contributed by atoms with Gasteiger partial charge >= 0.3 is 0 Å². The summed E-state index contributed by atoms with van der Waals surface area (Å²) in [6, 6.07) is 13.5. The van der Waals surface area contributed by atoms with Gasteiger partial charge in [-0.2, -0.15) is 0 Å². The first-order chi connectivity index (χ1) is 9.67. The van der Waals surface area contributed by atoms with Crippen LogP contribution in [0.4, 0.5) is 0 Å². The summed E-state index contributed by atoms with van der Waals surface area (Å²) >= 11 is 3.42. The summed E-state index contributed by atoms with van der Waals surface area (Å²) in [4.78, 5) is 0. The van der Waals surface area contributed by atoms with Crippen LogP contribution in [0.3, 0.4) is 0 Å². The van der Waals surface area contributed by atoms with E-state index in [-0.39, 0.29) is 6.10 Å². The molecule has 0 fully saturated rings. The Bertz CT molecular complexity index is 610. The minimum absolute atomic E-state index is 0.126. The van der Waals surface area contributed by atoms with E-state index < -0.39 is 6.10 Å². The molecular formula is C16H15BrO3. The normalized spacial score (nSPS) is 20.9. The van der Waals surface area contributed by atoms with Gasteiger partial charge in [0.05, 0.1) is 13.2 Å². The molecule has 0 saturated heterocycles. The molecule has 2 aromatic rings. The van der Waals surface area contributed by atoms with E-state index in [0.29, 0.717) is 6.42 Å². The molecular weight excluding hydrogens is 320 g/mol. The first-order valence-corrected chi connectivity index (χ1v) is 7.25. The van der Waals surface area contributed by atoms with Gasteiger partial charge in [0, 0.05) is 16.5 Å². The van der Waals surface area contributed by atoms with Crippen molar-refractivity contribution in [3.63, 3.8) is 0 Å². The fourth-order valence-corrected chi connectivity index (χ4v) is 2.70. The summed E-state index contributed by atoms with van der Waals surface area (Å²) in [6.45, 7) is 0. The molecule has 1 heterocycles. The predicted octanol–water partition coefficient (Wildman–Crippen LogP) is 4.01. The zero-order valence-corrected chi connectivity index (χ0v) is 12.6. The SMILES string of the molecule is COc1ccc2c(c1)[C@@H](O)CC(c1ccc(Br)cc1)O2. The fraction of sp³-hybridized carbons (Fsp3) is 0.250. The van der Waals surface area contributed by atoms with Crippen LogP contribution in [0.2, 0.25) is 0 Å². The van der Waals surface area contributed by atoms with Crippen LogP contribution in [0.5, 0.6) is 11.5 Å². The summed E-state index contributed by atoms with van der Waals surface area (Å²) in [5, 5.41) is 10.3. The molecule has 0 amide bonds. The highest BCUT2D eigenvalue weighted by molar-refractivity contribution is 9.10. The number of hydrogen-bond acceptors (Lipinski definition) is 3. The van der Waals surface area contributed by atoms with Gasteiger partial charge in [-0.15, -0.1) is 0 Å². The highest BCUT2D eigenvalue weighted by Crippen LogP contribution is 2.42. The molecule has 1 aliphatic rings. The summed E-state index contributed by atoms with van der Waals surface area (Å²) < 4.78 is 12.2. The Morgan fingerprint density at radius 2 is 1.95 bits per heavy atom. The number of hydrogen-bond donors (Lipinski definition) is 1. The lowest BCUT2D eigenvalue weighted by atomic mass is 9.95. The molecule has 0 aliphatic carbocycles. The third-order valence-corrected chi connectivity index (χ3v) is 4.05. The third-order valence-electron chi connectivity index (χ3n) is 3.52. The first-order valence-electron chi connectivity index (χ1n) is 6.45. The molecule has 104 valence electrons. The van der Waals surface area contributed by atoms with Crippen molar-refractivity contribution in [2.24, 2.45) is 0 Å². The topological polar surface area (TPSA) is 38.7 Å². The smallest absolute Gasteiger partial charge is 0.127 e. The van der Waals surface area contributed by atoms with E-state index in [0.717, 1.165) is 27.1 Å². The van der Waals surface area contributed by atoms with Crippen molar-refractivity contribution in [3.05, 3.63) is 58.1 Å². The first kappa shape index (κ1) is 13.5. The number of fused-ring (bicyclic) bond motifs is 1. The fourth-order valence-electron chi connectivity index (χ4n) is 2.43. The summed E-state index contributed by atoms with van der Waals surface area (Å²) in [6.07, 6.45) is -0.122. The molecule has 0 aromatic heterocycles. The minimum Gasteiger partial charge on any atom is -0.497 e. The number of halogens is 1. The van der Waals surface area contributed by atoms with Crippen LogP contribution in [0.25, 0.3) is 0 Å². The highest BCUT2D eigenvalue weighted by atomic mass is 79.9. The third kappa shape index (κ3) is 2.53. The second-order valence-corrected chi connectivity index (χ2v) is 5.73. The van der Waals surface area contributed by atoms with Crippen LogP contribution in [-0.2, 0) is 0 Å². The molecule has 1 N–H and O–H groups in total. The van der Waals surface area contributed by atoms with Crippen molar-refractivity contribution < 1.29 is 14.6 Å². The Morgan fingerprint density at radius 3 is 2.65 bits per heavy atom. The molecule has 2 atom stereocenters. The molecule has 2 aromatic carbocycles. The Labute approximate surface area is 126 Å². The van der Waals surface area contributed by atoms with Crippen LogP contribution in [-0.4, -0.2) is 12.2 Å². The molecule has 0 saturated carbocycles. The lowest BCUT2D eigenvalue weighted by Crippen LogP contribution is -2.19. The van der Waals surface area contributed by atoms with E-state index in [9.17, 15) is 5.11 Å². The molecule has 3 rings (SSSR count). The van der Waals surface area contributed by atoms with Crippen LogP contribution in [0.15, 0.2) is 46.9 Å². The molecule has 3 nitrogen and oxygen atoms in total. The van der Waals surface area contributed by atoms with Gasteiger partial charge in [0.15, 0.2) is 0 Å². The van der Waals surface area contributed by atoms with Gasteiger partial charge in [0.1, 0.15) is 17.6 Å². The maximum atomic E-state index is 10.3. The maximum Gasteiger partial charge on any atom is 0.127 e. The van der Waals surface area contributed by atoms with E-state index in [1.54, 1.807) is 7.11 Å². The summed E-state index contributed by atoms with van der Waals surface area (Å²) in [5.41, 5.74) is 1.85. The Balaban J connectivity index is 1.90. The molecule has 1 unspecified atom stereocenters. The monoisotopic (exact) mass is 334 g/mol. The van der Waals surface area contributed by atoms with Crippen molar-refractivity contribution in [1.29, 1.82) is 0 Å². The van der Waals surface area contributed by atoms with Gasteiger partial charge in [-0.1, -0.05) is 28.1 Å². The quantitative estimate of drug-likeness (QED) is 0.901. The summed E-state index contributed by atoms with van der Waals surface area (Å²) in [5.74, 6) is 1.45. The second kappa shape index (κ2) is 5.46. The zero-order valence-electron chi connectivity index (χ0n) is 11.0. The average molecular weight is 335 g/mol. The maximum absolute atomic E-state index is 10.3. The van der Waals surface area contributed by atoms with Crippen molar-refractivity contribution >= 4 is 15.9 Å². The Morgan fingerprint density at radius 1 is 1.20 bits per heavy atom. The molecule has 0 spiro atoms. The predicted molar refractivity (Wildman–Crippen MR) is 80.1 cm³/mol. The zero-order chi connectivity index (χ0) is 14.1. The number of benzene rings is 2. The van der Waals surface area contributed by atoms with E-state index >= 15 is 0 Å². The van der Waals surface area contributed by atoms with Crippen molar-refractivity contribution in [2.75, 3.05) is 7.11 Å². The van der Waals surface area contributed by atoms with Gasteiger partial charge in [0.25, 0.3) is 0 Å². The minimum atomic E-state index is -0.539. The van der Waals surface area contributed by atoms with E-state index in [4.69, 9.17) is 9.47 Å². The van der Waals surface area contributed by atoms with Crippen LogP contribution in [0.1, 0.15) is 29.8 Å². The standard InChI is InChI=1S/C16H15BrO3/c1-19-12-6-7-15-13(8-12)14(18)9-16(20-15)10-2-4-11(17)5-3-10/h2-8,14,16,18H,9H2,1H3/t14-,16?/m0/s1. The van der Waals surface area contributed by atoms with Crippen molar-refractivity contribution in [3.8, 4) is 11.5 Å². The lowest BCUT2D eigenvalue weighted by molar-refractivity contribution is 0.0654. The molecule has 1 aliphatic heterocycles. The summed E-state index contributed by atoms with van der Waals surface area (Å²) in [7, 11) is 1.61. The second-order valence-electron chi connectivity index (χ2n) is 4.81. The van der Waals surface area contributed by atoms with Gasteiger partial charge in [0.2, 0.25) is 0 Å². The van der Waals surface area contributed by atoms with Crippen molar-refractivity contribution in [2.45, 2.75) is 18.6 Å². The Hall–Kier alpha value is -1.52. The van der Waals surface area contributed by atoms with Gasteiger partial charge in [-0.25, -0.2) is 0 Å². The van der Waals surface area contributed by atoms with E-state index in [2.05, 4.69) is 15.9 Å². The van der Waals surface area contributed by atoms with Crippen LogP contribution < -0.4 is 9.47 Å². The van der Waals surface area contributed by atoms with Gasteiger partial charge < -0.3 is 14.6 Å². The number of rotatable bonds is 2.